The normalized spacial score (nSPS) is 10.5. The molecule has 0 saturated carbocycles. The summed E-state index contributed by atoms with van der Waals surface area (Å²) in [6.07, 6.45) is 4.70. The van der Waals surface area contributed by atoms with Crippen LogP contribution in [-0.2, 0) is 12.8 Å². The molecule has 4 aromatic heterocycles. The van der Waals surface area contributed by atoms with Crippen LogP contribution in [0.25, 0.3) is 22.5 Å². The van der Waals surface area contributed by atoms with Gasteiger partial charge in [0.2, 0.25) is 11.8 Å². The van der Waals surface area contributed by atoms with Gasteiger partial charge in [0.15, 0.2) is 11.6 Å². The molecule has 0 spiro atoms. The van der Waals surface area contributed by atoms with E-state index in [4.69, 9.17) is 18.5 Å². The SMILES string of the molecule is C.Cc1ccc(-c2cc(CCC(=O)c3ccc(Oc4ccccc4)nc3)on2)cc1.Cc1cccc(-c2cc(CCC(=O)c3ccc(Oc4ccccc4)nc3)on2)c1. The molecule has 0 atom stereocenters. The molecule has 8 rings (SSSR count). The number of ketones is 2. The first-order valence-corrected chi connectivity index (χ1v) is 18.8. The highest BCUT2D eigenvalue weighted by atomic mass is 16.5. The molecule has 0 fully saturated rings. The fraction of sp³-hybridized carbons (Fsp3) is 0.143. The average Bonchev–Trinajstić information content (AvgIpc) is 3.95. The number of aryl methyl sites for hydroxylation is 4. The number of aromatic nitrogens is 4. The van der Waals surface area contributed by atoms with E-state index in [9.17, 15) is 9.59 Å². The van der Waals surface area contributed by atoms with E-state index in [0.717, 1.165) is 28.1 Å². The van der Waals surface area contributed by atoms with Crippen molar-refractivity contribution in [3.63, 3.8) is 0 Å². The lowest BCUT2D eigenvalue weighted by Crippen LogP contribution is -2.01. The quantitative estimate of drug-likeness (QED) is 0.0982. The van der Waals surface area contributed by atoms with Crippen molar-refractivity contribution >= 4 is 11.6 Å². The lowest BCUT2D eigenvalue weighted by atomic mass is 10.1. The number of hydrogen-bond acceptors (Lipinski definition) is 10. The lowest BCUT2D eigenvalue weighted by Gasteiger charge is -2.05. The molecule has 0 amide bonds. The lowest BCUT2D eigenvalue weighted by molar-refractivity contribution is 0.0972. The molecule has 0 aliphatic carbocycles. The molecule has 0 aliphatic rings. The number of hydrogen-bond donors (Lipinski definition) is 0. The Labute approximate surface area is 343 Å². The Kier molecular flexibility index (Phi) is 14.0. The van der Waals surface area contributed by atoms with Gasteiger partial charge in [0.25, 0.3) is 0 Å². The first-order valence-electron chi connectivity index (χ1n) is 18.8. The summed E-state index contributed by atoms with van der Waals surface area (Å²) in [6.45, 7) is 4.08. The predicted octanol–water partition coefficient (Wildman–Crippen LogP) is 11.9. The van der Waals surface area contributed by atoms with Crippen LogP contribution in [0, 0.1) is 13.8 Å². The molecule has 10 heteroatoms. The minimum absolute atomic E-state index is 0. The summed E-state index contributed by atoms with van der Waals surface area (Å²) in [5, 5.41) is 8.22. The summed E-state index contributed by atoms with van der Waals surface area (Å²) in [5.74, 6) is 3.67. The van der Waals surface area contributed by atoms with E-state index in [-0.39, 0.29) is 19.0 Å². The van der Waals surface area contributed by atoms with Crippen LogP contribution in [0.5, 0.6) is 23.3 Å². The van der Waals surface area contributed by atoms with Gasteiger partial charge in [-0.05, 0) is 56.3 Å². The molecule has 0 N–H and O–H groups in total. The van der Waals surface area contributed by atoms with Gasteiger partial charge in [0.05, 0.1) is 0 Å². The number of Topliss-reactive ketones (excluding diaryl/α,β-unsaturated/α-hetero) is 2. The number of para-hydroxylation sites is 2. The van der Waals surface area contributed by atoms with Crippen molar-refractivity contribution in [2.24, 2.45) is 0 Å². The van der Waals surface area contributed by atoms with Gasteiger partial charge < -0.3 is 18.5 Å². The summed E-state index contributed by atoms with van der Waals surface area (Å²) < 4.78 is 22.1. The number of ether oxygens (including phenoxy) is 2. The van der Waals surface area contributed by atoms with Crippen molar-refractivity contribution in [2.45, 2.75) is 47.0 Å². The molecule has 0 radical (unpaired) electrons. The number of carbonyl (C=O) groups is 2. The first kappa shape index (κ1) is 41.2. The van der Waals surface area contributed by atoms with Gasteiger partial charge in [-0.15, -0.1) is 0 Å². The van der Waals surface area contributed by atoms with Crippen molar-refractivity contribution < 1.29 is 28.1 Å². The van der Waals surface area contributed by atoms with Gasteiger partial charge in [-0.1, -0.05) is 108 Å². The van der Waals surface area contributed by atoms with E-state index in [2.05, 4.69) is 26.3 Å². The standard InChI is InChI=1S/2C24H20N2O3.CH4/c1-17-6-5-7-18(14-17)22-15-21(29-26-22)11-12-23(27)19-10-13-24(25-16-19)28-20-8-3-2-4-9-20;1-17-7-9-18(10-8-17)22-15-21(29-26-22)12-13-23(27)19-11-14-24(25-16-19)28-20-5-3-2-4-6-20;/h2-10,13-16H,11-12H2,1H3;2-11,14-16H,12-13H2,1H3;1H4. The van der Waals surface area contributed by atoms with Gasteiger partial charge in [0.1, 0.15) is 34.4 Å². The summed E-state index contributed by atoms with van der Waals surface area (Å²) >= 11 is 0. The first-order chi connectivity index (χ1) is 28.3. The molecule has 0 aliphatic heterocycles. The van der Waals surface area contributed by atoms with Crippen molar-refractivity contribution in [1.29, 1.82) is 0 Å². The van der Waals surface area contributed by atoms with E-state index in [1.807, 2.05) is 129 Å². The molecule has 10 nitrogen and oxygen atoms in total. The molecular weight excluding hydrogens is 741 g/mol. The second-order valence-corrected chi connectivity index (χ2v) is 13.5. The molecule has 4 aromatic carbocycles. The van der Waals surface area contributed by atoms with Gasteiger partial charge in [-0.25, -0.2) is 9.97 Å². The molecular formula is C49H44N4O6. The highest BCUT2D eigenvalue weighted by molar-refractivity contribution is 5.96. The zero-order valence-electron chi connectivity index (χ0n) is 32.1. The minimum atomic E-state index is -0.00273. The zero-order valence-corrected chi connectivity index (χ0v) is 32.1. The van der Waals surface area contributed by atoms with Gasteiger partial charge in [-0.3, -0.25) is 9.59 Å². The second kappa shape index (κ2) is 20.1. The molecule has 0 saturated heterocycles. The van der Waals surface area contributed by atoms with Gasteiger partial charge >= 0.3 is 0 Å². The third kappa shape index (κ3) is 11.8. The monoisotopic (exact) mass is 784 g/mol. The topological polar surface area (TPSA) is 130 Å². The van der Waals surface area contributed by atoms with E-state index in [0.29, 0.717) is 71.6 Å². The average molecular weight is 785 g/mol. The van der Waals surface area contributed by atoms with Crippen LogP contribution in [0.1, 0.15) is 63.6 Å². The smallest absolute Gasteiger partial charge is 0.219 e. The van der Waals surface area contributed by atoms with Crippen molar-refractivity contribution in [1.82, 2.24) is 20.3 Å². The van der Waals surface area contributed by atoms with Crippen LogP contribution in [0.15, 0.2) is 167 Å². The summed E-state index contributed by atoms with van der Waals surface area (Å²) in [6, 6.07) is 45.6. The number of benzene rings is 4. The fourth-order valence-electron chi connectivity index (χ4n) is 5.85. The van der Waals surface area contributed by atoms with E-state index in [1.54, 1.807) is 36.7 Å². The minimum Gasteiger partial charge on any atom is -0.439 e. The van der Waals surface area contributed by atoms with E-state index < -0.39 is 0 Å². The summed E-state index contributed by atoms with van der Waals surface area (Å²) in [4.78, 5) is 33.4. The number of pyridine rings is 2. The van der Waals surface area contributed by atoms with Crippen LogP contribution in [0.4, 0.5) is 0 Å². The van der Waals surface area contributed by atoms with Crippen LogP contribution >= 0.6 is 0 Å². The maximum atomic E-state index is 12.5. The molecule has 8 aromatic rings. The molecule has 4 heterocycles. The van der Waals surface area contributed by atoms with Crippen molar-refractivity contribution in [3.8, 4) is 45.8 Å². The molecule has 59 heavy (non-hydrogen) atoms. The highest BCUT2D eigenvalue weighted by Crippen LogP contribution is 2.24. The van der Waals surface area contributed by atoms with Crippen molar-refractivity contribution in [3.05, 3.63) is 192 Å². The molecule has 296 valence electrons. The van der Waals surface area contributed by atoms with Crippen LogP contribution in [0.2, 0.25) is 0 Å². The third-order valence-electron chi connectivity index (χ3n) is 9.02. The summed E-state index contributed by atoms with van der Waals surface area (Å²) in [5.41, 5.74) is 7.00. The Hall–Kier alpha value is -7.46. The van der Waals surface area contributed by atoms with Crippen LogP contribution in [0.3, 0.4) is 0 Å². The van der Waals surface area contributed by atoms with Crippen molar-refractivity contribution in [2.75, 3.05) is 0 Å². The number of nitrogens with zero attached hydrogens (tertiary/aromatic N) is 4. The zero-order chi connectivity index (χ0) is 40.1. The molecule has 0 bridgehead atoms. The Morgan fingerprint density at radius 2 is 1.00 bits per heavy atom. The Bertz CT molecular complexity index is 2550. The van der Waals surface area contributed by atoms with Gasteiger partial charge in [-0.2, -0.15) is 0 Å². The van der Waals surface area contributed by atoms with E-state index in [1.165, 1.54) is 5.56 Å². The third-order valence-corrected chi connectivity index (χ3v) is 9.02. The van der Waals surface area contributed by atoms with Crippen LogP contribution in [-0.4, -0.2) is 31.8 Å². The Morgan fingerprint density at radius 3 is 1.46 bits per heavy atom. The van der Waals surface area contributed by atoms with E-state index >= 15 is 0 Å². The number of carbonyl (C=O) groups excluding carboxylic acids is 2. The highest BCUT2D eigenvalue weighted by Gasteiger charge is 2.13. The Balaban J connectivity index is 0.000000195. The fourth-order valence-corrected chi connectivity index (χ4v) is 5.85. The maximum Gasteiger partial charge on any atom is 0.219 e. The molecule has 0 unspecified atom stereocenters. The predicted molar refractivity (Wildman–Crippen MR) is 227 cm³/mol. The van der Waals surface area contributed by atoms with Gasteiger partial charge in [0, 0.05) is 84.6 Å². The largest absolute Gasteiger partial charge is 0.439 e. The summed E-state index contributed by atoms with van der Waals surface area (Å²) in [7, 11) is 0. The van der Waals surface area contributed by atoms with Crippen LogP contribution < -0.4 is 9.47 Å². The Morgan fingerprint density at radius 1 is 0.508 bits per heavy atom. The number of rotatable bonds is 14. The second-order valence-electron chi connectivity index (χ2n) is 13.5. The maximum absolute atomic E-state index is 12.5.